The molecule has 0 fully saturated rings. The number of anilines is 2. The number of methoxy groups -OCH3 is 1. The van der Waals surface area contributed by atoms with Crippen molar-refractivity contribution in [3.63, 3.8) is 0 Å². The monoisotopic (exact) mass is 350 g/mol. The van der Waals surface area contributed by atoms with Crippen molar-refractivity contribution in [1.29, 1.82) is 0 Å². The fourth-order valence-electron chi connectivity index (χ4n) is 2.53. The molecule has 9 heteroatoms. The van der Waals surface area contributed by atoms with Crippen LogP contribution in [0.1, 0.15) is 29.5 Å². The summed E-state index contributed by atoms with van der Waals surface area (Å²) in [5.74, 6) is -0.0901. The first-order valence-corrected chi connectivity index (χ1v) is 7.89. The molecule has 0 radical (unpaired) electrons. The van der Waals surface area contributed by atoms with Crippen LogP contribution >= 0.6 is 0 Å². The second-order valence-electron chi connectivity index (χ2n) is 5.48. The fourth-order valence-corrected chi connectivity index (χ4v) is 2.53. The van der Waals surface area contributed by atoms with E-state index in [9.17, 15) is 14.4 Å². The minimum absolute atomic E-state index is 0.0544. The molecule has 0 atom stereocenters. The van der Waals surface area contributed by atoms with Gasteiger partial charge in [0.25, 0.3) is 11.5 Å². The molecule has 0 unspecified atom stereocenters. The summed E-state index contributed by atoms with van der Waals surface area (Å²) in [6.45, 7) is 4.13. The number of nitrogens with zero attached hydrogens (tertiary/aromatic N) is 2. The zero-order valence-electron chi connectivity index (χ0n) is 14.5. The number of hydrogen-bond acceptors (Lipinski definition) is 6. The van der Waals surface area contributed by atoms with Crippen LogP contribution < -0.4 is 21.9 Å². The number of aromatic nitrogens is 2. The molecule has 0 bridgehead atoms. The van der Waals surface area contributed by atoms with E-state index in [1.165, 1.54) is 28.9 Å². The number of furan rings is 1. The van der Waals surface area contributed by atoms with Crippen molar-refractivity contribution in [1.82, 2.24) is 9.55 Å². The van der Waals surface area contributed by atoms with Crippen LogP contribution in [0.3, 0.4) is 0 Å². The number of ether oxygens (including phenoxy) is 1. The predicted octanol–water partition coefficient (Wildman–Crippen LogP) is 0.723. The fraction of sp³-hybridized carbons (Fsp3) is 0.438. The quantitative estimate of drug-likeness (QED) is 0.758. The molecule has 2 rings (SSSR count). The first kappa shape index (κ1) is 18.5. The smallest absolute Gasteiger partial charge is 0.330 e. The van der Waals surface area contributed by atoms with E-state index >= 15 is 0 Å². The number of H-pyrrole nitrogens is 1. The van der Waals surface area contributed by atoms with E-state index in [1.807, 2.05) is 6.92 Å². The zero-order chi connectivity index (χ0) is 18.6. The van der Waals surface area contributed by atoms with Crippen LogP contribution in [0.4, 0.5) is 11.5 Å². The summed E-state index contributed by atoms with van der Waals surface area (Å²) in [7, 11) is 1.48. The lowest BCUT2D eigenvalue weighted by atomic mass is 10.2. The average Bonchev–Trinajstić information content (AvgIpc) is 2.99. The van der Waals surface area contributed by atoms with E-state index in [2.05, 4.69) is 4.98 Å². The third kappa shape index (κ3) is 3.66. The number of nitrogens with one attached hydrogen (secondary N) is 1. The number of aromatic amines is 1. The third-order valence-corrected chi connectivity index (χ3v) is 3.78. The highest BCUT2D eigenvalue weighted by Crippen LogP contribution is 2.21. The molecule has 0 aliphatic heterocycles. The standard InChI is InChI=1S/C16H22N4O5/c1-4-6-20-13(17)12(14(21)18-16(20)23)19(7-9-24-3)15(22)11-5-8-25-10(11)2/h5,8H,4,6-7,9,17H2,1-3H3,(H,18,21,23). The summed E-state index contributed by atoms with van der Waals surface area (Å²) in [5.41, 5.74) is 4.97. The van der Waals surface area contributed by atoms with E-state index in [4.69, 9.17) is 14.9 Å². The summed E-state index contributed by atoms with van der Waals surface area (Å²) >= 11 is 0. The van der Waals surface area contributed by atoms with Crippen molar-refractivity contribution in [2.75, 3.05) is 30.9 Å². The van der Waals surface area contributed by atoms with Crippen molar-refractivity contribution in [2.45, 2.75) is 26.8 Å². The highest BCUT2D eigenvalue weighted by Gasteiger charge is 2.26. The van der Waals surface area contributed by atoms with Gasteiger partial charge in [-0.2, -0.15) is 0 Å². The Kier molecular flexibility index (Phi) is 5.81. The molecule has 1 amide bonds. The first-order chi connectivity index (χ1) is 11.9. The Morgan fingerprint density at radius 1 is 1.44 bits per heavy atom. The molecule has 9 nitrogen and oxygen atoms in total. The van der Waals surface area contributed by atoms with Crippen LogP contribution in [-0.4, -0.2) is 35.7 Å². The van der Waals surface area contributed by atoms with Crippen molar-refractivity contribution >= 4 is 17.4 Å². The lowest BCUT2D eigenvalue weighted by Crippen LogP contribution is -2.42. The van der Waals surface area contributed by atoms with Gasteiger partial charge < -0.3 is 14.9 Å². The molecule has 0 saturated heterocycles. The SMILES string of the molecule is CCCn1c(N)c(N(CCOC)C(=O)c2ccoc2C)c(=O)[nH]c1=O. The molecule has 0 aliphatic rings. The molecular weight excluding hydrogens is 328 g/mol. The van der Waals surface area contributed by atoms with E-state index in [-0.39, 0.29) is 24.7 Å². The normalized spacial score (nSPS) is 10.8. The van der Waals surface area contributed by atoms with Crippen LogP contribution in [0.5, 0.6) is 0 Å². The minimum atomic E-state index is -0.722. The third-order valence-electron chi connectivity index (χ3n) is 3.78. The number of hydrogen-bond donors (Lipinski definition) is 2. The maximum Gasteiger partial charge on any atom is 0.330 e. The van der Waals surface area contributed by atoms with E-state index in [1.54, 1.807) is 6.92 Å². The van der Waals surface area contributed by atoms with Crippen molar-refractivity contribution < 1.29 is 13.9 Å². The molecular formula is C16H22N4O5. The van der Waals surface area contributed by atoms with E-state index in [0.29, 0.717) is 24.3 Å². The van der Waals surface area contributed by atoms with E-state index < -0.39 is 17.2 Å². The average molecular weight is 350 g/mol. The summed E-state index contributed by atoms with van der Waals surface area (Å²) in [6.07, 6.45) is 2.03. The van der Waals surface area contributed by atoms with Gasteiger partial charge in [-0.05, 0) is 19.4 Å². The van der Waals surface area contributed by atoms with Gasteiger partial charge in [0.2, 0.25) is 0 Å². The minimum Gasteiger partial charge on any atom is -0.469 e. The molecule has 2 aromatic heterocycles. The maximum atomic E-state index is 12.9. The highest BCUT2D eigenvalue weighted by atomic mass is 16.5. The Morgan fingerprint density at radius 3 is 2.72 bits per heavy atom. The maximum absolute atomic E-state index is 12.9. The molecule has 0 aromatic carbocycles. The molecule has 0 saturated carbocycles. The highest BCUT2D eigenvalue weighted by molar-refractivity contribution is 6.07. The second-order valence-corrected chi connectivity index (χ2v) is 5.48. The summed E-state index contributed by atoms with van der Waals surface area (Å²) < 4.78 is 11.4. The molecule has 2 heterocycles. The van der Waals surface area contributed by atoms with Crippen LogP contribution in [-0.2, 0) is 11.3 Å². The Bertz CT molecular complexity index is 864. The topological polar surface area (TPSA) is 124 Å². The van der Waals surface area contributed by atoms with Crippen LogP contribution in [0, 0.1) is 6.92 Å². The first-order valence-electron chi connectivity index (χ1n) is 7.89. The molecule has 0 spiro atoms. The largest absolute Gasteiger partial charge is 0.469 e. The van der Waals surface area contributed by atoms with Gasteiger partial charge in [-0.25, -0.2) is 4.79 Å². The number of nitrogens with two attached hydrogens (primary N) is 1. The molecule has 2 aromatic rings. The lowest BCUT2D eigenvalue weighted by Gasteiger charge is -2.24. The lowest BCUT2D eigenvalue weighted by molar-refractivity contribution is 0.0974. The van der Waals surface area contributed by atoms with Crippen LogP contribution in [0.2, 0.25) is 0 Å². The van der Waals surface area contributed by atoms with Gasteiger partial charge >= 0.3 is 5.69 Å². The van der Waals surface area contributed by atoms with Gasteiger partial charge in [-0.3, -0.25) is 24.0 Å². The summed E-state index contributed by atoms with van der Waals surface area (Å²) in [5, 5.41) is 0. The number of carbonyl (C=O) groups is 1. The predicted molar refractivity (Wildman–Crippen MR) is 93.0 cm³/mol. The van der Waals surface area contributed by atoms with E-state index in [0.717, 1.165) is 0 Å². The number of carbonyl (C=O) groups excluding carboxylic acids is 1. The molecule has 3 N–H and O–H groups in total. The van der Waals surface area contributed by atoms with Crippen LogP contribution in [0.25, 0.3) is 0 Å². The number of aryl methyl sites for hydroxylation is 1. The summed E-state index contributed by atoms with van der Waals surface area (Å²) in [6, 6.07) is 1.52. The Hall–Kier alpha value is -2.81. The number of amides is 1. The van der Waals surface area contributed by atoms with Crippen molar-refractivity contribution in [3.05, 3.63) is 44.5 Å². The van der Waals surface area contributed by atoms with Crippen molar-refractivity contribution in [2.24, 2.45) is 0 Å². The van der Waals surface area contributed by atoms with Gasteiger partial charge in [-0.15, -0.1) is 0 Å². The van der Waals surface area contributed by atoms with Crippen molar-refractivity contribution in [3.8, 4) is 0 Å². The number of rotatable bonds is 7. The van der Waals surface area contributed by atoms with Gasteiger partial charge in [0.15, 0.2) is 5.69 Å². The van der Waals surface area contributed by atoms with Crippen LogP contribution in [0.15, 0.2) is 26.3 Å². The molecule has 25 heavy (non-hydrogen) atoms. The van der Waals surface area contributed by atoms with Gasteiger partial charge in [0, 0.05) is 20.2 Å². The zero-order valence-corrected chi connectivity index (χ0v) is 14.5. The summed E-state index contributed by atoms with van der Waals surface area (Å²) in [4.78, 5) is 40.7. The van der Waals surface area contributed by atoms with Gasteiger partial charge in [-0.1, -0.05) is 6.92 Å². The molecule has 136 valence electrons. The second kappa shape index (κ2) is 7.84. The Labute approximate surface area is 144 Å². The van der Waals surface area contributed by atoms with Gasteiger partial charge in [0.05, 0.1) is 18.4 Å². The van der Waals surface area contributed by atoms with Gasteiger partial charge in [0.1, 0.15) is 11.6 Å². The number of nitrogen functional groups attached to an aromatic ring is 1. The Morgan fingerprint density at radius 2 is 2.16 bits per heavy atom. The molecule has 0 aliphatic carbocycles. The Balaban J connectivity index is 2.61.